The van der Waals surface area contributed by atoms with E-state index in [1.165, 1.54) is 17.2 Å². The van der Waals surface area contributed by atoms with E-state index in [-0.39, 0.29) is 5.41 Å². The van der Waals surface area contributed by atoms with Crippen LogP contribution in [-0.4, -0.2) is 25.8 Å². The summed E-state index contributed by atoms with van der Waals surface area (Å²) in [7, 11) is 0. The van der Waals surface area contributed by atoms with Crippen LogP contribution in [0.4, 0.5) is 0 Å². The highest BCUT2D eigenvalue weighted by Crippen LogP contribution is 2.43. The van der Waals surface area contributed by atoms with E-state index in [0.29, 0.717) is 11.5 Å². The van der Waals surface area contributed by atoms with Crippen LogP contribution in [-0.2, 0) is 11.3 Å². The maximum absolute atomic E-state index is 10.7. The third-order valence-corrected chi connectivity index (χ3v) is 5.34. The lowest BCUT2D eigenvalue weighted by Gasteiger charge is -2.37. The molecule has 28 heavy (non-hydrogen) atoms. The van der Waals surface area contributed by atoms with Gasteiger partial charge in [0.2, 0.25) is 0 Å². The summed E-state index contributed by atoms with van der Waals surface area (Å²) < 4.78 is 1.91. The second kappa shape index (κ2) is 9.49. The highest BCUT2D eigenvalue weighted by molar-refractivity contribution is 5.81. The minimum Gasteiger partial charge on any atom is -0.478 e. The lowest BCUT2D eigenvalue weighted by atomic mass is 9.68. The van der Waals surface area contributed by atoms with Gasteiger partial charge < -0.3 is 5.11 Å². The van der Waals surface area contributed by atoms with E-state index in [2.05, 4.69) is 49.9 Å². The number of aliphatic carboxylic acids is 1. The van der Waals surface area contributed by atoms with Gasteiger partial charge in [-0.25, -0.2) is 9.78 Å². The topological polar surface area (TPSA) is 68.0 Å². The average Bonchev–Trinajstić information content (AvgIpc) is 3.09. The highest BCUT2D eigenvalue weighted by atomic mass is 16.4. The fraction of sp³-hybridized carbons (Fsp3) is 0.435. The number of hydrogen-bond donors (Lipinski definition) is 1. The second-order valence-electron chi connectivity index (χ2n) is 8.16. The second-order valence-corrected chi connectivity index (χ2v) is 8.16. The van der Waals surface area contributed by atoms with Crippen molar-refractivity contribution in [3.05, 3.63) is 71.4 Å². The van der Waals surface area contributed by atoms with Gasteiger partial charge in [-0.1, -0.05) is 55.4 Å². The predicted octanol–water partition coefficient (Wildman–Crippen LogP) is 5.12. The maximum atomic E-state index is 10.7. The Balaban J connectivity index is 2.16. The molecule has 5 nitrogen and oxygen atoms in total. The molecule has 1 aliphatic rings. The minimum atomic E-state index is -0.926. The molecule has 1 aliphatic carbocycles. The van der Waals surface area contributed by atoms with Crippen molar-refractivity contribution >= 4 is 5.97 Å². The molecule has 0 amide bonds. The number of rotatable bonds is 7. The Morgan fingerprint density at radius 1 is 1.32 bits per heavy atom. The molecular formula is C23H31N3O2. The van der Waals surface area contributed by atoms with Crippen LogP contribution in [0.15, 0.2) is 71.4 Å². The summed E-state index contributed by atoms with van der Waals surface area (Å²) in [5.41, 5.74) is 4.79. The summed E-state index contributed by atoms with van der Waals surface area (Å²) in [6, 6.07) is 0. The van der Waals surface area contributed by atoms with Gasteiger partial charge >= 0.3 is 5.97 Å². The molecule has 1 atom stereocenters. The first kappa shape index (κ1) is 21.6. The molecular weight excluding hydrogens is 350 g/mol. The van der Waals surface area contributed by atoms with Crippen molar-refractivity contribution in [3.63, 3.8) is 0 Å². The van der Waals surface area contributed by atoms with E-state index in [1.54, 1.807) is 25.7 Å². The van der Waals surface area contributed by atoms with E-state index >= 15 is 0 Å². The van der Waals surface area contributed by atoms with Crippen molar-refractivity contribution < 1.29 is 9.90 Å². The maximum Gasteiger partial charge on any atom is 0.328 e. The predicted molar refractivity (Wildman–Crippen MR) is 113 cm³/mol. The third-order valence-electron chi connectivity index (χ3n) is 5.34. The number of aromatic nitrogens is 3. The van der Waals surface area contributed by atoms with Crippen LogP contribution >= 0.6 is 0 Å². The average molecular weight is 382 g/mol. The van der Waals surface area contributed by atoms with Gasteiger partial charge in [-0.2, -0.15) is 5.10 Å². The molecule has 0 spiro atoms. The number of nitrogens with zero attached hydrogens (tertiary/aromatic N) is 3. The van der Waals surface area contributed by atoms with Crippen LogP contribution in [0.1, 0.15) is 47.5 Å². The molecule has 0 saturated heterocycles. The molecule has 5 heteroatoms. The van der Waals surface area contributed by atoms with Gasteiger partial charge in [-0.15, -0.1) is 0 Å². The summed E-state index contributed by atoms with van der Waals surface area (Å²) >= 11 is 0. The first-order chi connectivity index (χ1) is 13.2. The molecule has 0 fully saturated rings. The van der Waals surface area contributed by atoms with Gasteiger partial charge in [0.15, 0.2) is 0 Å². The fourth-order valence-electron chi connectivity index (χ4n) is 3.64. The fourth-order valence-corrected chi connectivity index (χ4v) is 3.64. The molecule has 1 aromatic heterocycles. The smallest absolute Gasteiger partial charge is 0.328 e. The Kier molecular flexibility index (Phi) is 7.32. The zero-order valence-corrected chi connectivity index (χ0v) is 17.5. The zero-order valence-electron chi connectivity index (χ0n) is 17.5. The number of carboxylic acid groups (broad SMARTS) is 1. The van der Waals surface area contributed by atoms with E-state index < -0.39 is 5.97 Å². The van der Waals surface area contributed by atoms with Crippen molar-refractivity contribution in [1.82, 2.24) is 14.8 Å². The van der Waals surface area contributed by atoms with E-state index in [1.807, 2.05) is 16.8 Å². The van der Waals surface area contributed by atoms with Crippen molar-refractivity contribution in [1.29, 1.82) is 0 Å². The largest absolute Gasteiger partial charge is 0.478 e. The normalized spacial score (nSPS) is 21.1. The molecule has 1 heterocycles. The van der Waals surface area contributed by atoms with Gasteiger partial charge in [-0.3, -0.25) is 4.68 Å². The Bertz CT molecular complexity index is 837. The Morgan fingerprint density at radius 2 is 2.07 bits per heavy atom. The first-order valence-electron chi connectivity index (χ1n) is 9.67. The summed E-state index contributed by atoms with van der Waals surface area (Å²) in [6.07, 6.45) is 16.9. The molecule has 150 valence electrons. The van der Waals surface area contributed by atoms with Crippen molar-refractivity contribution in [2.75, 3.05) is 0 Å². The molecule has 1 unspecified atom stereocenters. The van der Waals surface area contributed by atoms with E-state index in [9.17, 15) is 4.79 Å². The van der Waals surface area contributed by atoms with Crippen molar-refractivity contribution in [3.8, 4) is 0 Å². The molecule has 0 bridgehead atoms. The standard InChI is InChI=1S/C23H31N3O2/c1-17(7-6-8-18(2)13-22(27)28)9-10-21-19(3)20(11-12-23(21,4)5)14-26-16-24-15-25-26/h6-10,13,15-16,20H,11-12,14H2,1-5H3,(H,27,28)/b8-6+,10-9+,17-7+,18-13+. The van der Waals surface area contributed by atoms with Gasteiger partial charge in [0.1, 0.15) is 12.7 Å². The summed E-state index contributed by atoms with van der Waals surface area (Å²) in [4.78, 5) is 14.7. The van der Waals surface area contributed by atoms with Crippen LogP contribution in [0.2, 0.25) is 0 Å². The quantitative estimate of drug-likeness (QED) is 0.526. The van der Waals surface area contributed by atoms with Gasteiger partial charge in [0.25, 0.3) is 0 Å². The lowest BCUT2D eigenvalue weighted by molar-refractivity contribution is -0.131. The Hall–Kier alpha value is -2.69. The summed E-state index contributed by atoms with van der Waals surface area (Å²) in [6.45, 7) is 11.5. The number of allylic oxidation sites excluding steroid dienone is 9. The molecule has 0 radical (unpaired) electrons. The SMILES string of the molecule is CC1=C(/C=C/C(C)=C/C=C/C(C)=C/C(=O)O)C(C)(C)CCC1Cn1cncn1. The van der Waals surface area contributed by atoms with Crippen molar-refractivity contribution in [2.45, 2.75) is 54.0 Å². The van der Waals surface area contributed by atoms with Gasteiger partial charge in [0, 0.05) is 12.6 Å². The molecule has 1 aromatic rings. The van der Waals surface area contributed by atoms with Gasteiger partial charge in [0.05, 0.1) is 0 Å². The Labute approximate surface area is 167 Å². The number of carbonyl (C=O) groups is 1. The van der Waals surface area contributed by atoms with Crippen molar-refractivity contribution in [2.24, 2.45) is 11.3 Å². The third kappa shape index (κ3) is 6.19. The lowest BCUT2D eigenvalue weighted by Crippen LogP contribution is -2.27. The monoisotopic (exact) mass is 381 g/mol. The van der Waals surface area contributed by atoms with Crippen LogP contribution in [0, 0.1) is 11.3 Å². The number of hydrogen-bond acceptors (Lipinski definition) is 3. The van der Waals surface area contributed by atoms with E-state index in [4.69, 9.17) is 5.11 Å². The molecule has 1 N–H and O–H groups in total. The first-order valence-corrected chi connectivity index (χ1v) is 9.67. The highest BCUT2D eigenvalue weighted by Gasteiger charge is 2.32. The van der Waals surface area contributed by atoms with Gasteiger partial charge in [-0.05, 0) is 56.1 Å². The number of carboxylic acids is 1. The molecule has 0 aromatic carbocycles. The van der Waals surface area contributed by atoms with Crippen LogP contribution < -0.4 is 0 Å². The molecule has 0 aliphatic heterocycles. The van der Waals surface area contributed by atoms with Crippen LogP contribution in [0.3, 0.4) is 0 Å². The Morgan fingerprint density at radius 3 is 2.71 bits per heavy atom. The summed E-state index contributed by atoms with van der Waals surface area (Å²) in [5, 5.41) is 13.0. The molecule has 0 saturated carbocycles. The van der Waals surface area contributed by atoms with Crippen LogP contribution in [0.5, 0.6) is 0 Å². The molecule has 2 rings (SSSR count). The zero-order chi connectivity index (χ0) is 20.7. The van der Waals surface area contributed by atoms with Crippen LogP contribution in [0.25, 0.3) is 0 Å². The summed E-state index contributed by atoms with van der Waals surface area (Å²) in [5.74, 6) is -0.451. The minimum absolute atomic E-state index is 0.149. The van der Waals surface area contributed by atoms with E-state index in [0.717, 1.165) is 25.0 Å².